The van der Waals surface area contributed by atoms with Gasteiger partial charge in [-0.2, -0.15) is 65.9 Å². The van der Waals surface area contributed by atoms with Gasteiger partial charge in [-0.05, 0) is 19.0 Å². The minimum atomic E-state index is -6.55. The molecule has 150 valence electrons. The fraction of sp³-hybridized carbons (Fsp3) is 1.00. The van der Waals surface area contributed by atoms with E-state index < -0.39 is 62.0 Å². The summed E-state index contributed by atoms with van der Waals surface area (Å²) in [6.07, 6.45) is -29.0. The highest BCUT2D eigenvalue weighted by molar-refractivity contribution is 6.59. The van der Waals surface area contributed by atoms with E-state index >= 15 is 0 Å². The topological polar surface area (TPSA) is 0 Å². The molecule has 0 nitrogen and oxygen atoms in total. The van der Waals surface area contributed by atoms with E-state index in [9.17, 15) is 65.9 Å². The molecule has 0 fully saturated rings. The van der Waals surface area contributed by atoms with Crippen molar-refractivity contribution in [3.63, 3.8) is 0 Å². The summed E-state index contributed by atoms with van der Waals surface area (Å²) in [7, 11) is 0. The number of alkyl halides is 15. The van der Waals surface area contributed by atoms with Crippen LogP contribution >= 0.6 is 0 Å². The van der Waals surface area contributed by atoms with Gasteiger partial charge in [0.1, 0.15) is 0 Å². The van der Waals surface area contributed by atoms with Crippen LogP contribution in [-0.2, 0) is 0 Å². The van der Waals surface area contributed by atoms with Crippen molar-refractivity contribution in [1.82, 2.24) is 0 Å². The smallest absolute Gasteiger partial charge is 0.197 e. The van der Waals surface area contributed by atoms with Crippen molar-refractivity contribution in [2.24, 2.45) is 0 Å². The van der Waals surface area contributed by atoms with Crippen LogP contribution in [0.15, 0.2) is 0 Å². The van der Waals surface area contributed by atoms with Crippen LogP contribution in [0.3, 0.4) is 0 Å². The Morgan fingerprint density at radius 2 is 0.520 bits per heavy atom. The quantitative estimate of drug-likeness (QED) is 0.368. The van der Waals surface area contributed by atoms with E-state index in [2.05, 4.69) is 0 Å². The summed E-state index contributed by atoms with van der Waals surface area (Å²) in [5, 5.41) is 0. The van der Waals surface area contributed by atoms with Gasteiger partial charge in [0, 0.05) is 0 Å². The summed E-state index contributed by atoms with van der Waals surface area (Å²) in [5.41, 5.74) is 0. The molecule has 0 aliphatic rings. The maximum atomic E-state index is 12.7. The summed E-state index contributed by atoms with van der Waals surface area (Å²) < 4.78 is 184. The molecule has 0 saturated heterocycles. The number of hydrogen-bond donors (Lipinski definition) is 0. The lowest BCUT2D eigenvalue weighted by atomic mass is 9.39. The monoisotopic (exact) mass is 410 g/mol. The number of hydrogen-bond acceptors (Lipinski definition) is 0. The van der Waals surface area contributed by atoms with Gasteiger partial charge in [0.15, 0.2) is 6.71 Å². The Bertz CT molecular complexity index is 375. The molecule has 0 spiro atoms. The molecule has 0 unspecified atom stereocenters. The molecule has 0 atom stereocenters. The second-order valence-corrected chi connectivity index (χ2v) is 5.09. The zero-order valence-electron chi connectivity index (χ0n) is 11.4. The maximum Gasteiger partial charge on any atom is 0.452 e. The zero-order valence-corrected chi connectivity index (χ0v) is 11.4. The van der Waals surface area contributed by atoms with Crippen molar-refractivity contribution >= 4 is 6.71 Å². The SMILES string of the molecule is FC(F)(F)C(F)(F)CB(CC(F)(F)C(F)(F)F)CC(F)(F)C(F)(F)F. The van der Waals surface area contributed by atoms with E-state index in [0.29, 0.717) is 0 Å². The van der Waals surface area contributed by atoms with Crippen molar-refractivity contribution < 1.29 is 65.9 Å². The maximum absolute atomic E-state index is 12.7. The molecule has 0 aliphatic heterocycles. The molecule has 0 radical (unpaired) electrons. The average molecular weight is 410 g/mol. The van der Waals surface area contributed by atoms with Crippen LogP contribution in [0.25, 0.3) is 0 Å². The lowest BCUT2D eigenvalue weighted by Gasteiger charge is -2.29. The van der Waals surface area contributed by atoms with E-state index in [0.717, 1.165) is 0 Å². The van der Waals surface area contributed by atoms with Crippen LogP contribution < -0.4 is 0 Å². The summed E-state index contributed by atoms with van der Waals surface area (Å²) in [6, 6.07) is 0. The fourth-order valence-electron chi connectivity index (χ4n) is 1.65. The third-order valence-electron chi connectivity index (χ3n) is 2.88. The lowest BCUT2D eigenvalue weighted by Crippen LogP contribution is -2.48. The molecule has 0 bridgehead atoms. The van der Waals surface area contributed by atoms with Gasteiger partial charge in [-0.3, -0.25) is 0 Å². The van der Waals surface area contributed by atoms with Crippen molar-refractivity contribution in [3.05, 3.63) is 0 Å². The highest BCUT2D eigenvalue weighted by Crippen LogP contribution is 2.48. The third kappa shape index (κ3) is 6.04. The van der Waals surface area contributed by atoms with Crippen molar-refractivity contribution in [3.8, 4) is 0 Å². The molecular formula is C9H6BF15. The van der Waals surface area contributed by atoms with Gasteiger partial charge in [0.05, 0.1) is 0 Å². The highest BCUT2D eigenvalue weighted by atomic mass is 19.4. The van der Waals surface area contributed by atoms with Gasteiger partial charge in [-0.1, -0.05) is 0 Å². The van der Waals surface area contributed by atoms with Gasteiger partial charge in [0.25, 0.3) is 0 Å². The van der Waals surface area contributed by atoms with Crippen LogP contribution in [0.5, 0.6) is 0 Å². The van der Waals surface area contributed by atoms with Crippen molar-refractivity contribution in [2.75, 3.05) is 0 Å². The summed E-state index contributed by atoms with van der Waals surface area (Å²) in [5.74, 6) is -18.2. The van der Waals surface area contributed by atoms with Gasteiger partial charge < -0.3 is 0 Å². The minimum absolute atomic E-state index is 3.10. The molecule has 0 amide bonds. The normalized spacial score (nSPS) is 15.5. The first kappa shape index (κ1) is 24.0. The molecular weight excluding hydrogens is 404 g/mol. The standard InChI is InChI=1S/C9H6BF15/c11-4(12,7(17,18)19)1-10(2-5(13,14)8(20,21)22)3-6(15,16)9(23,24)25/h1-3H2. The van der Waals surface area contributed by atoms with E-state index in [1.807, 2.05) is 0 Å². The minimum Gasteiger partial charge on any atom is -0.197 e. The van der Waals surface area contributed by atoms with E-state index in [1.54, 1.807) is 0 Å². The van der Waals surface area contributed by atoms with Crippen molar-refractivity contribution in [1.29, 1.82) is 0 Å². The van der Waals surface area contributed by atoms with E-state index in [-0.39, 0.29) is 0 Å². The summed E-state index contributed by atoms with van der Waals surface area (Å²) in [6.45, 7) is -3.65. The van der Waals surface area contributed by atoms with Crippen LogP contribution in [0, 0.1) is 0 Å². The largest absolute Gasteiger partial charge is 0.452 e. The molecule has 16 heteroatoms. The number of halogens is 15. The first-order valence-corrected chi connectivity index (χ1v) is 5.87. The summed E-state index contributed by atoms with van der Waals surface area (Å²) in [4.78, 5) is 0. The Balaban J connectivity index is 5.70. The van der Waals surface area contributed by atoms with Crippen LogP contribution in [0.2, 0.25) is 19.0 Å². The Labute approximate surface area is 129 Å². The average Bonchev–Trinajstić information content (AvgIpc) is 2.21. The molecule has 0 N–H and O–H groups in total. The van der Waals surface area contributed by atoms with Gasteiger partial charge >= 0.3 is 36.3 Å². The Hall–Kier alpha value is -0.985. The first-order valence-electron chi connectivity index (χ1n) is 5.87. The van der Waals surface area contributed by atoms with Crippen LogP contribution in [0.4, 0.5) is 65.9 Å². The fourth-order valence-corrected chi connectivity index (χ4v) is 1.65. The molecule has 0 rings (SSSR count). The molecule has 25 heavy (non-hydrogen) atoms. The second-order valence-electron chi connectivity index (χ2n) is 5.09. The first-order chi connectivity index (χ1) is 10.5. The second kappa shape index (κ2) is 6.63. The summed E-state index contributed by atoms with van der Waals surface area (Å²) >= 11 is 0. The molecule has 0 aromatic heterocycles. The predicted octanol–water partition coefficient (Wildman–Crippen LogP) is 6.07. The predicted molar refractivity (Wildman–Crippen MR) is 53.2 cm³/mol. The molecule has 0 aromatic rings. The Kier molecular flexibility index (Phi) is 6.37. The van der Waals surface area contributed by atoms with Gasteiger partial charge in [0.2, 0.25) is 0 Å². The Morgan fingerprint density at radius 3 is 0.640 bits per heavy atom. The molecule has 0 saturated carbocycles. The van der Waals surface area contributed by atoms with E-state index in [4.69, 9.17) is 0 Å². The zero-order chi connectivity index (χ0) is 20.7. The highest BCUT2D eigenvalue weighted by Gasteiger charge is 2.65. The molecule has 0 aromatic carbocycles. The van der Waals surface area contributed by atoms with E-state index in [1.165, 1.54) is 0 Å². The van der Waals surface area contributed by atoms with Crippen LogP contribution in [-0.4, -0.2) is 43.0 Å². The Morgan fingerprint density at radius 1 is 0.360 bits per heavy atom. The van der Waals surface area contributed by atoms with Gasteiger partial charge in [-0.25, -0.2) is 0 Å². The number of rotatable bonds is 6. The molecule has 0 aliphatic carbocycles. The lowest BCUT2D eigenvalue weighted by molar-refractivity contribution is -0.281. The van der Waals surface area contributed by atoms with Crippen LogP contribution in [0.1, 0.15) is 0 Å². The third-order valence-corrected chi connectivity index (χ3v) is 2.88. The van der Waals surface area contributed by atoms with Crippen molar-refractivity contribution in [2.45, 2.75) is 55.3 Å². The van der Waals surface area contributed by atoms with Gasteiger partial charge in [-0.15, -0.1) is 0 Å². The molecule has 0 heterocycles.